The van der Waals surface area contributed by atoms with Crippen molar-refractivity contribution in [2.45, 2.75) is 61.3 Å². The lowest BCUT2D eigenvalue weighted by atomic mass is 9.48. The second-order valence-electron chi connectivity index (χ2n) is 11.6. The largest absolute Gasteiger partial charge is 0.504 e. The lowest BCUT2D eigenvalue weighted by molar-refractivity contribution is -0.199. The molecule has 2 N–H and O–H groups in total. The van der Waals surface area contributed by atoms with Gasteiger partial charge in [0.15, 0.2) is 11.5 Å². The molecule has 3 heterocycles. The molecule has 4 aliphatic rings. The molecule has 1 amide bonds. The average Bonchev–Trinajstić information content (AvgIpc) is 3.59. The molecule has 1 spiro atoms. The number of phenolic OH excluding ortho intramolecular Hbond substituents is 1. The number of furan rings is 1. The summed E-state index contributed by atoms with van der Waals surface area (Å²) in [6.07, 6.45) is 9.60. The lowest BCUT2D eigenvalue weighted by Gasteiger charge is -2.64. The molecular formula is C32H34N2O5. The van der Waals surface area contributed by atoms with Crippen molar-refractivity contribution >= 4 is 12.0 Å². The third-order valence-corrected chi connectivity index (χ3v) is 9.88. The van der Waals surface area contributed by atoms with Gasteiger partial charge >= 0.3 is 0 Å². The zero-order valence-corrected chi connectivity index (χ0v) is 22.1. The molecule has 1 saturated carbocycles. The number of likely N-dealkylation sites (tertiary alicyclic amines) is 1. The molecular weight excluding hydrogens is 492 g/mol. The third kappa shape index (κ3) is 3.52. The normalized spacial score (nSPS) is 30.7. The summed E-state index contributed by atoms with van der Waals surface area (Å²) < 4.78 is 11.7. The fourth-order valence-electron chi connectivity index (χ4n) is 8.00. The summed E-state index contributed by atoms with van der Waals surface area (Å²) in [7, 11) is 1.82. The van der Waals surface area contributed by atoms with E-state index < -0.39 is 17.1 Å². The summed E-state index contributed by atoms with van der Waals surface area (Å²) in [4.78, 5) is 17.5. The van der Waals surface area contributed by atoms with Gasteiger partial charge in [-0.15, -0.1) is 0 Å². The Balaban J connectivity index is 1.23. The van der Waals surface area contributed by atoms with Crippen molar-refractivity contribution in [3.8, 4) is 11.5 Å². The Kier molecular flexibility index (Phi) is 5.65. The SMILES string of the molecule is CN(C(=O)/C=C/c1ccoc1)[C@@H]1CC[C@@]2(O)[C@H]3Cc4ccc(O)c5c4[C@@]2(CCN3CCc2ccccc2)[C@H]1O5. The van der Waals surface area contributed by atoms with Crippen molar-refractivity contribution in [1.82, 2.24) is 9.80 Å². The molecule has 2 aliphatic carbocycles. The van der Waals surface area contributed by atoms with Crippen molar-refractivity contribution < 1.29 is 24.2 Å². The molecule has 0 radical (unpaired) electrons. The first-order chi connectivity index (χ1) is 18.9. The van der Waals surface area contributed by atoms with E-state index in [9.17, 15) is 15.0 Å². The summed E-state index contributed by atoms with van der Waals surface area (Å²) in [5, 5.41) is 23.6. The second-order valence-corrected chi connectivity index (χ2v) is 11.6. The highest BCUT2D eigenvalue weighted by molar-refractivity contribution is 5.92. The van der Waals surface area contributed by atoms with Crippen LogP contribution in [0.1, 0.15) is 41.5 Å². The van der Waals surface area contributed by atoms with Gasteiger partial charge in [-0.25, -0.2) is 0 Å². The van der Waals surface area contributed by atoms with E-state index in [1.54, 1.807) is 41.7 Å². The van der Waals surface area contributed by atoms with E-state index in [2.05, 4.69) is 29.2 Å². The predicted octanol–water partition coefficient (Wildman–Crippen LogP) is 3.92. The number of piperidine rings is 1. The minimum Gasteiger partial charge on any atom is -0.504 e. The topological polar surface area (TPSA) is 86.4 Å². The smallest absolute Gasteiger partial charge is 0.246 e. The molecule has 2 fully saturated rings. The Morgan fingerprint density at radius 1 is 1.18 bits per heavy atom. The second kappa shape index (κ2) is 9.00. The molecule has 7 heteroatoms. The van der Waals surface area contributed by atoms with Crippen LogP contribution >= 0.6 is 0 Å². The molecule has 7 nitrogen and oxygen atoms in total. The fraction of sp³-hybridized carbons (Fsp3) is 0.406. The maximum Gasteiger partial charge on any atom is 0.246 e. The Morgan fingerprint density at radius 3 is 2.82 bits per heavy atom. The van der Waals surface area contributed by atoms with E-state index in [1.165, 1.54) is 5.56 Å². The van der Waals surface area contributed by atoms with E-state index in [1.807, 2.05) is 19.2 Å². The minimum atomic E-state index is -1.01. The summed E-state index contributed by atoms with van der Waals surface area (Å²) in [5.74, 6) is 0.478. The molecule has 2 bridgehead atoms. The molecule has 39 heavy (non-hydrogen) atoms. The lowest BCUT2D eigenvalue weighted by Crippen LogP contribution is -2.78. The molecule has 5 atom stereocenters. The monoisotopic (exact) mass is 526 g/mol. The van der Waals surface area contributed by atoms with Gasteiger partial charge in [0.05, 0.1) is 29.6 Å². The number of aliphatic hydroxyl groups is 1. The first-order valence-electron chi connectivity index (χ1n) is 13.9. The summed E-state index contributed by atoms with van der Waals surface area (Å²) >= 11 is 0. The van der Waals surface area contributed by atoms with Gasteiger partial charge in [0.2, 0.25) is 5.91 Å². The molecule has 1 aromatic heterocycles. The summed E-state index contributed by atoms with van der Waals surface area (Å²) in [6.45, 7) is 1.71. The van der Waals surface area contributed by atoms with Gasteiger partial charge in [-0.3, -0.25) is 9.69 Å². The predicted molar refractivity (Wildman–Crippen MR) is 147 cm³/mol. The van der Waals surface area contributed by atoms with Gasteiger partial charge < -0.3 is 24.3 Å². The summed E-state index contributed by atoms with van der Waals surface area (Å²) in [5.41, 5.74) is 2.54. The Labute approximate surface area is 228 Å². The maximum absolute atomic E-state index is 13.3. The van der Waals surface area contributed by atoms with Crippen LogP contribution in [-0.2, 0) is 23.1 Å². The number of hydrogen-bond acceptors (Lipinski definition) is 6. The van der Waals surface area contributed by atoms with Crippen LogP contribution < -0.4 is 4.74 Å². The minimum absolute atomic E-state index is 0.0491. The van der Waals surface area contributed by atoms with Crippen LogP contribution in [0.3, 0.4) is 0 Å². The van der Waals surface area contributed by atoms with Crippen molar-refractivity contribution in [2.24, 2.45) is 0 Å². The average molecular weight is 527 g/mol. The quantitative estimate of drug-likeness (QED) is 0.474. The molecule has 2 aromatic carbocycles. The zero-order chi connectivity index (χ0) is 26.8. The van der Waals surface area contributed by atoms with Gasteiger partial charge in [0.25, 0.3) is 0 Å². The first-order valence-corrected chi connectivity index (χ1v) is 13.9. The highest BCUT2D eigenvalue weighted by Crippen LogP contribution is 2.65. The number of carbonyl (C=O) groups excluding carboxylic acids is 1. The van der Waals surface area contributed by atoms with Gasteiger partial charge in [-0.2, -0.15) is 0 Å². The highest BCUT2D eigenvalue weighted by atomic mass is 16.5. The Hall–Kier alpha value is -3.55. The van der Waals surface area contributed by atoms with Crippen LogP contribution in [0.2, 0.25) is 0 Å². The zero-order valence-electron chi connectivity index (χ0n) is 22.1. The Bertz CT molecular complexity index is 1420. The van der Waals surface area contributed by atoms with Crippen molar-refractivity contribution in [3.63, 3.8) is 0 Å². The number of amides is 1. The number of ether oxygens (including phenoxy) is 1. The van der Waals surface area contributed by atoms with Crippen LogP contribution in [0.25, 0.3) is 6.08 Å². The summed E-state index contributed by atoms with van der Waals surface area (Å²) in [6, 6.07) is 15.7. The van der Waals surface area contributed by atoms with Crippen LogP contribution in [0.15, 0.2) is 71.6 Å². The molecule has 0 unspecified atom stereocenters. The van der Waals surface area contributed by atoms with Gasteiger partial charge in [-0.1, -0.05) is 36.4 Å². The molecule has 7 rings (SSSR count). The number of hydrogen-bond donors (Lipinski definition) is 2. The number of carbonyl (C=O) groups is 1. The number of aromatic hydroxyl groups is 1. The molecule has 2 aliphatic heterocycles. The van der Waals surface area contributed by atoms with Crippen molar-refractivity contribution in [1.29, 1.82) is 0 Å². The van der Waals surface area contributed by atoms with Crippen LogP contribution in [0.4, 0.5) is 0 Å². The van der Waals surface area contributed by atoms with E-state index in [4.69, 9.17) is 9.15 Å². The standard InChI is InChI=1S/C32H34N2O5/c1-33(27(36)10-7-22-13-18-38-20-22)24-11-14-32(37)26-19-23-8-9-25(35)29-28(23)31(32,30(24)39-29)15-17-34(26)16-12-21-5-3-2-4-6-21/h2-10,13,18,20,24,26,30,35,37H,11-12,14-17,19H2,1H3/b10-7+/t24-,26-,30+,31+,32-/m1/s1. The number of likely N-dealkylation sites (N-methyl/N-ethyl adjacent to an activating group) is 1. The van der Waals surface area contributed by atoms with E-state index in [-0.39, 0.29) is 23.7 Å². The van der Waals surface area contributed by atoms with Crippen LogP contribution in [0, 0.1) is 0 Å². The maximum atomic E-state index is 13.3. The molecule has 3 aromatic rings. The van der Waals surface area contributed by atoms with Crippen molar-refractivity contribution in [3.05, 3.63) is 89.4 Å². The van der Waals surface area contributed by atoms with E-state index in [0.29, 0.717) is 25.0 Å². The van der Waals surface area contributed by atoms with Crippen LogP contribution in [-0.4, -0.2) is 69.8 Å². The fourth-order valence-corrected chi connectivity index (χ4v) is 8.00. The van der Waals surface area contributed by atoms with E-state index in [0.717, 1.165) is 42.6 Å². The number of rotatable bonds is 6. The van der Waals surface area contributed by atoms with Gasteiger partial charge in [0.1, 0.15) is 6.10 Å². The third-order valence-electron chi connectivity index (χ3n) is 9.88. The van der Waals surface area contributed by atoms with Crippen LogP contribution in [0.5, 0.6) is 11.5 Å². The number of nitrogens with zero attached hydrogens (tertiary/aromatic N) is 2. The number of phenols is 1. The highest BCUT2D eigenvalue weighted by Gasteiger charge is 2.73. The van der Waals surface area contributed by atoms with Crippen molar-refractivity contribution in [2.75, 3.05) is 20.1 Å². The molecule has 202 valence electrons. The van der Waals surface area contributed by atoms with Gasteiger partial charge in [0, 0.05) is 36.8 Å². The van der Waals surface area contributed by atoms with Gasteiger partial charge in [-0.05, 0) is 68.0 Å². The number of benzene rings is 2. The molecule has 1 saturated heterocycles. The Morgan fingerprint density at radius 2 is 2.03 bits per heavy atom. The van der Waals surface area contributed by atoms with E-state index >= 15 is 0 Å². The first kappa shape index (κ1) is 24.5.